The van der Waals surface area contributed by atoms with Gasteiger partial charge in [-0.15, -0.1) is 11.8 Å². The largest absolute Gasteiger partial charge is 0.465 e. The highest BCUT2D eigenvalue weighted by molar-refractivity contribution is 7.99. The number of esters is 1. The fourth-order valence-corrected chi connectivity index (χ4v) is 2.69. The second-order valence-electron chi connectivity index (χ2n) is 4.17. The van der Waals surface area contributed by atoms with Gasteiger partial charge in [0.15, 0.2) is 0 Å². The van der Waals surface area contributed by atoms with Crippen molar-refractivity contribution in [1.29, 1.82) is 0 Å². The van der Waals surface area contributed by atoms with Crippen LogP contribution in [-0.2, 0) is 15.3 Å². The summed E-state index contributed by atoms with van der Waals surface area (Å²) in [5, 5.41) is 0.701. The maximum Gasteiger partial charge on any atom is 0.315 e. The third-order valence-corrected chi connectivity index (χ3v) is 3.69. The molecular formula is C14H16N2O4S. The molecule has 2 rings (SSSR count). The number of ether oxygens (including phenoxy) is 1. The third-order valence-electron chi connectivity index (χ3n) is 2.78. The van der Waals surface area contributed by atoms with E-state index in [2.05, 4.69) is 5.43 Å². The second kappa shape index (κ2) is 7.14. The number of carbonyl (C=O) groups is 2. The summed E-state index contributed by atoms with van der Waals surface area (Å²) < 4.78 is 10.5. The van der Waals surface area contributed by atoms with E-state index in [0.29, 0.717) is 34.7 Å². The van der Waals surface area contributed by atoms with Crippen molar-refractivity contribution in [3.8, 4) is 0 Å². The average molecular weight is 308 g/mol. The van der Waals surface area contributed by atoms with E-state index >= 15 is 0 Å². The summed E-state index contributed by atoms with van der Waals surface area (Å²) in [5.41, 5.74) is 3.14. The molecule has 0 saturated carbocycles. The summed E-state index contributed by atoms with van der Waals surface area (Å²) >= 11 is 1.32. The molecule has 0 unspecified atom stereocenters. The molecule has 0 aliphatic rings. The SMILES string of the molecule is CCOC(=O)CSCc1oc2ccccc2c1C(=O)NN. The van der Waals surface area contributed by atoms with E-state index in [1.165, 1.54) is 11.8 Å². The van der Waals surface area contributed by atoms with Crippen LogP contribution in [0.1, 0.15) is 23.0 Å². The highest BCUT2D eigenvalue weighted by Gasteiger charge is 2.20. The molecule has 1 amide bonds. The van der Waals surface area contributed by atoms with Crippen molar-refractivity contribution < 1.29 is 18.7 Å². The Morgan fingerprint density at radius 2 is 2.14 bits per heavy atom. The number of carbonyl (C=O) groups excluding carboxylic acids is 2. The van der Waals surface area contributed by atoms with E-state index in [1.54, 1.807) is 19.1 Å². The van der Waals surface area contributed by atoms with Crippen LogP contribution in [0.15, 0.2) is 28.7 Å². The molecule has 0 atom stereocenters. The summed E-state index contributed by atoms with van der Waals surface area (Å²) in [6, 6.07) is 7.22. The lowest BCUT2D eigenvalue weighted by Crippen LogP contribution is -2.30. The van der Waals surface area contributed by atoms with Crippen molar-refractivity contribution in [2.24, 2.45) is 5.84 Å². The molecule has 0 bridgehead atoms. The maximum atomic E-state index is 11.9. The van der Waals surface area contributed by atoms with E-state index in [-0.39, 0.29) is 11.7 Å². The number of furan rings is 1. The van der Waals surface area contributed by atoms with Gasteiger partial charge in [-0.25, -0.2) is 5.84 Å². The zero-order valence-electron chi connectivity index (χ0n) is 11.5. The number of hydrogen-bond donors (Lipinski definition) is 2. The molecule has 7 heteroatoms. The summed E-state index contributed by atoms with van der Waals surface area (Å²) in [6.07, 6.45) is 0. The number of rotatable bonds is 6. The molecule has 3 N–H and O–H groups in total. The van der Waals surface area contributed by atoms with Crippen LogP contribution in [0.3, 0.4) is 0 Å². The lowest BCUT2D eigenvalue weighted by Gasteiger charge is -2.02. The fraction of sp³-hybridized carbons (Fsp3) is 0.286. The lowest BCUT2D eigenvalue weighted by molar-refractivity contribution is -0.139. The molecule has 21 heavy (non-hydrogen) atoms. The van der Waals surface area contributed by atoms with E-state index in [1.807, 2.05) is 12.1 Å². The van der Waals surface area contributed by atoms with Gasteiger partial charge in [-0.3, -0.25) is 15.0 Å². The number of hydrazine groups is 1. The molecule has 1 heterocycles. The molecule has 112 valence electrons. The Kier molecular flexibility index (Phi) is 5.24. The number of nitrogens with one attached hydrogen (secondary N) is 1. The standard InChI is InChI=1S/C14H16N2O4S/c1-2-19-12(17)8-21-7-11-13(14(18)16-15)9-5-3-4-6-10(9)20-11/h3-6H,2,7-8,15H2,1H3,(H,16,18). The summed E-state index contributed by atoms with van der Waals surface area (Å²) in [6.45, 7) is 2.11. The number of nitrogen functional groups attached to an aromatic ring is 1. The Bertz CT molecular complexity index is 653. The molecule has 0 spiro atoms. The first-order valence-electron chi connectivity index (χ1n) is 6.42. The molecular weight excluding hydrogens is 292 g/mol. The highest BCUT2D eigenvalue weighted by Crippen LogP contribution is 2.28. The monoisotopic (exact) mass is 308 g/mol. The fourth-order valence-electron chi connectivity index (χ4n) is 1.95. The number of para-hydroxylation sites is 1. The summed E-state index contributed by atoms with van der Waals surface area (Å²) in [7, 11) is 0. The first-order valence-corrected chi connectivity index (χ1v) is 7.57. The predicted molar refractivity (Wildman–Crippen MR) is 80.7 cm³/mol. The van der Waals surface area contributed by atoms with Crippen LogP contribution < -0.4 is 11.3 Å². The Morgan fingerprint density at radius 1 is 1.38 bits per heavy atom. The van der Waals surface area contributed by atoms with Crippen LogP contribution in [0.2, 0.25) is 0 Å². The molecule has 0 aliphatic heterocycles. The van der Waals surface area contributed by atoms with Crippen molar-refractivity contribution in [3.63, 3.8) is 0 Å². The highest BCUT2D eigenvalue weighted by atomic mass is 32.2. The van der Waals surface area contributed by atoms with Gasteiger partial charge in [0.25, 0.3) is 5.91 Å². The molecule has 0 fully saturated rings. The molecule has 0 aliphatic carbocycles. The summed E-state index contributed by atoms with van der Waals surface area (Å²) in [5.74, 6) is 5.60. The van der Waals surface area contributed by atoms with Crippen LogP contribution in [0.5, 0.6) is 0 Å². The van der Waals surface area contributed by atoms with Crippen LogP contribution >= 0.6 is 11.8 Å². The van der Waals surface area contributed by atoms with Gasteiger partial charge in [0.1, 0.15) is 11.3 Å². The van der Waals surface area contributed by atoms with Gasteiger partial charge in [-0.2, -0.15) is 0 Å². The van der Waals surface area contributed by atoms with Crippen LogP contribution in [0, 0.1) is 0 Å². The zero-order chi connectivity index (χ0) is 15.2. The molecule has 2 aromatic rings. The topological polar surface area (TPSA) is 94.6 Å². The predicted octanol–water partition coefficient (Wildman–Crippen LogP) is 1.83. The van der Waals surface area contributed by atoms with Crippen LogP contribution in [0.4, 0.5) is 0 Å². The van der Waals surface area contributed by atoms with Crippen molar-refractivity contribution >= 4 is 34.6 Å². The lowest BCUT2D eigenvalue weighted by atomic mass is 10.1. The first kappa shape index (κ1) is 15.4. The van der Waals surface area contributed by atoms with Gasteiger partial charge in [0, 0.05) is 5.39 Å². The minimum atomic E-state index is -0.410. The summed E-state index contributed by atoms with van der Waals surface area (Å²) in [4.78, 5) is 23.2. The minimum absolute atomic E-state index is 0.203. The van der Waals surface area contributed by atoms with Crippen molar-refractivity contribution in [2.45, 2.75) is 12.7 Å². The average Bonchev–Trinajstić information content (AvgIpc) is 2.85. The van der Waals surface area contributed by atoms with Crippen LogP contribution in [0.25, 0.3) is 11.0 Å². The third kappa shape index (κ3) is 3.56. The van der Waals surface area contributed by atoms with E-state index < -0.39 is 5.91 Å². The molecule has 1 aromatic carbocycles. The van der Waals surface area contributed by atoms with Crippen molar-refractivity contribution in [3.05, 3.63) is 35.6 Å². The number of fused-ring (bicyclic) bond motifs is 1. The molecule has 0 saturated heterocycles. The number of nitrogens with two attached hydrogens (primary N) is 1. The molecule has 0 radical (unpaired) electrons. The maximum absolute atomic E-state index is 11.9. The van der Waals surface area contributed by atoms with Crippen molar-refractivity contribution in [1.82, 2.24) is 5.43 Å². The van der Waals surface area contributed by atoms with Crippen LogP contribution in [-0.4, -0.2) is 24.2 Å². The van der Waals surface area contributed by atoms with Gasteiger partial charge in [0.2, 0.25) is 0 Å². The molecule has 6 nitrogen and oxygen atoms in total. The van der Waals surface area contributed by atoms with Gasteiger partial charge >= 0.3 is 5.97 Å². The van der Waals surface area contributed by atoms with Gasteiger partial charge in [-0.05, 0) is 13.0 Å². The van der Waals surface area contributed by atoms with Gasteiger partial charge in [0.05, 0.1) is 23.7 Å². The molecule has 1 aromatic heterocycles. The second-order valence-corrected chi connectivity index (χ2v) is 5.15. The number of thioether (sulfide) groups is 1. The quantitative estimate of drug-likeness (QED) is 0.366. The van der Waals surface area contributed by atoms with E-state index in [0.717, 1.165) is 0 Å². The minimum Gasteiger partial charge on any atom is -0.465 e. The Morgan fingerprint density at radius 3 is 2.86 bits per heavy atom. The number of hydrogen-bond acceptors (Lipinski definition) is 6. The Labute approximate surface area is 126 Å². The zero-order valence-corrected chi connectivity index (χ0v) is 12.4. The normalized spacial score (nSPS) is 10.6. The van der Waals surface area contributed by atoms with Gasteiger partial charge in [-0.1, -0.05) is 18.2 Å². The number of benzene rings is 1. The first-order chi connectivity index (χ1) is 10.2. The number of amides is 1. The van der Waals surface area contributed by atoms with Gasteiger partial charge < -0.3 is 9.15 Å². The Hall–Kier alpha value is -1.99. The van der Waals surface area contributed by atoms with E-state index in [9.17, 15) is 9.59 Å². The van der Waals surface area contributed by atoms with E-state index in [4.69, 9.17) is 15.0 Å². The Balaban J connectivity index is 2.18. The smallest absolute Gasteiger partial charge is 0.315 e. The van der Waals surface area contributed by atoms with Crippen molar-refractivity contribution in [2.75, 3.05) is 12.4 Å².